The van der Waals surface area contributed by atoms with Crippen molar-refractivity contribution in [1.29, 1.82) is 0 Å². The average Bonchev–Trinajstić information content (AvgIpc) is 1.60. The fourth-order valence-corrected chi connectivity index (χ4v) is 13.9. The Balaban J connectivity index is 0.000000132. The Morgan fingerprint density at radius 1 is 0.228 bits per heavy atom. The summed E-state index contributed by atoms with van der Waals surface area (Å²) in [6.07, 6.45) is 3.60. The molecule has 14 aromatic carbocycles. The third-order valence-corrected chi connectivity index (χ3v) is 18.2. The number of fused-ring (bicyclic) bond motifs is 20. The summed E-state index contributed by atoms with van der Waals surface area (Å²) in [5.41, 5.74) is 20.3. The second-order valence-electron chi connectivity index (χ2n) is 23.6. The molecule has 0 saturated carbocycles. The van der Waals surface area contributed by atoms with Crippen LogP contribution in [-0.4, -0.2) is 19.9 Å². The van der Waals surface area contributed by atoms with E-state index in [0.717, 1.165) is 165 Å². The van der Waals surface area contributed by atoms with Gasteiger partial charge in [-0.3, -0.25) is 0 Å². The molecule has 0 radical (unpaired) electrons. The van der Waals surface area contributed by atoms with Crippen molar-refractivity contribution in [2.24, 2.45) is 0 Å². The lowest BCUT2D eigenvalue weighted by atomic mass is 9.94. The number of rotatable bonds is 6. The monoisotopic (exact) mass is 1180 g/mol. The van der Waals surface area contributed by atoms with E-state index in [1.165, 1.54) is 21.5 Å². The van der Waals surface area contributed by atoms with Crippen molar-refractivity contribution in [2.45, 2.75) is 0 Å². The van der Waals surface area contributed by atoms with E-state index in [2.05, 4.69) is 240 Å². The summed E-state index contributed by atoms with van der Waals surface area (Å²) in [6.45, 7) is 0. The van der Waals surface area contributed by atoms with Crippen molar-refractivity contribution in [3.8, 4) is 67.0 Å². The maximum Gasteiger partial charge on any atom is 0.246 e. The predicted molar refractivity (Wildman–Crippen MR) is 376 cm³/mol. The molecule has 0 amide bonds. The van der Waals surface area contributed by atoms with E-state index in [1.807, 2.05) is 48.5 Å². The standard InChI is InChI=1S/2C42H24N2O2/c1-3-14-31-25(8-1)18-20-36-38(31)34-17-7-16-33(41(34)45-36)29-12-5-10-27(22-29)28-11-6-13-30(23-28)35-24-43-42-40(44-35)39-32-15-4-2-9-26(32)19-21-37(39)46-42;1-3-15-31-25(9-1)19-20-37-39(31)40-42(46-37)43-24-35(44-40)30-14-8-12-27(22-30)26-11-7-13-28(21-26)34-23-29-10-2-4-16-32(29)38-33-17-5-6-18-36(33)45-41(34)38/h2*1-24H. The molecule has 0 fully saturated rings. The average molecular weight is 1180 g/mol. The minimum Gasteiger partial charge on any atom is -0.455 e. The van der Waals surface area contributed by atoms with Crippen molar-refractivity contribution in [1.82, 2.24) is 19.9 Å². The van der Waals surface area contributed by atoms with Crippen molar-refractivity contribution in [2.75, 3.05) is 0 Å². The second kappa shape index (κ2) is 20.5. The van der Waals surface area contributed by atoms with Crippen LogP contribution in [0.3, 0.4) is 0 Å². The molecule has 20 aromatic rings. The van der Waals surface area contributed by atoms with Crippen molar-refractivity contribution in [3.05, 3.63) is 291 Å². The highest BCUT2D eigenvalue weighted by Gasteiger charge is 2.21. The molecular weight excluding hydrogens is 1130 g/mol. The molecule has 0 N–H and O–H groups in total. The van der Waals surface area contributed by atoms with Crippen LogP contribution in [0.2, 0.25) is 0 Å². The molecule has 0 bridgehead atoms. The zero-order chi connectivity index (χ0) is 60.4. The molecule has 0 atom stereocenters. The van der Waals surface area contributed by atoms with Gasteiger partial charge in [-0.05, 0) is 131 Å². The number of para-hydroxylation sites is 2. The van der Waals surface area contributed by atoms with Gasteiger partial charge in [0.15, 0.2) is 0 Å². The lowest BCUT2D eigenvalue weighted by molar-refractivity contribution is 0.653. The predicted octanol–water partition coefficient (Wildman–Crippen LogP) is 23.2. The van der Waals surface area contributed by atoms with E-state index < -0.39 is 0 Å². The molecule has 92 heavy (non-hydrogen) atoms. The molecule has 0 aliphatic heterocycles. The van der Waals surface area contributed by atoms with Gasteiger partial charge in [-0.2, -0.15) is 0 Å². The summed E-state index contributed by atoms with van der Waals surface area (Å²) in [6, 6.07) is 97.4. The van der Waals surface area contributed by atoms with Gasteiger partial charge in [-0.15, -0.1) is 0 Å². The van der Waals surface area contributed by atoms with Gasteiger partial charge in [-0.1, -0.05) is 224 Å². The van der Waals surface area contributed by atoms with Crippen molar-refractivity contribution < 1.29 is 17.7 Å². The van der Waals surface area contributed by atoms with Crippen molar-refractivity contribution in [3.63, 3.8) is 0 Å². The van der Waals surface area contributed by atoms with Gasteiger partial charge >= 0.3 is 0 Å². The number of furan rings is 4. The van der Waals surface area contributed by atoms with Gasteiger partial charge in [0.1, 0.15) is 44.5 Å². The van der Waals surface area contributed by atoms with Gasteiger partial charge in [0.25, 0.3) is 0 Å². The third-order valence-electron chi connectivity index (χ3n) is 18.2. The normalized spacial score (nSPS) is 11.9. The molecule has 0 saturated heterocycles. The molecule has 6 aromatic heterocycles. The molecule has 20 rings (SSSR count). The van der Waals surface area contributed by atoms with Crippen molar-refractivity contribution >= 4 is 131 Å². The van der Waals surface area contributed by atoms with Gasteiger partial charge in [-0.25, -0.2) is 19.9 Å². The Bertz CT molecular complexity index is 6430. The summed E-state index contributed by atoms with van der Waals surface area (Å²) in [5.74, 6) is 0. The van der Waals surface area contributed by atoms with Crippen LogP contribution in [0.25, 0.3) is 198 Å². The number of aromatic nitrogens is 4. The van der Waals surface area contributed by atoms with E-state index in [0.29, 0.717) is 11.4 Å². The number of benzene rings is 14. The van der Waals surface area contributed by atoms with Gasteiger partial charge in [0.05, 0.1) is 34.6 Å². The van der Waals surface area contributed by atoms with Crippen LogP contribution in [0.15, 0.2) is 309 Å². The lowest BCUT2D eigenvalue weighted by Gasteiger charge is -2.10. The summed E-state index contributed by atoms with van der Waals surface area (Å²) in [4.78, 5) is 19.6. The maximum atomic E-state index is 6.53. The van der Waals surface area contributed by atoms with Crippen LogP contribution in [-0.2, 0) is 0 Å². The molecule has 0 spiro atoms. The van der Waals surface area contributed by atoms with Gasteiger partial charge in [0, 0.05) is 43.8 Å². The second-order valence-corrected chi connectivity index (χ2v) is 23.6. The van der Waals surface area contributed by atoms with Crippen LogP contribution in [0.1, 0.15) is 0 Å². The molecular formula is C84H48N4O4. The fraction of sp³-hybridized carbons (Fsp3) is 0. The topological polar surface area (TPSA) is 104 Å². The Kier molecular flexibility index (Phi) is 11.5. The summed E-state index contributed by atoms with van der Waals surface area (Å²) in [5, 5.41) is 15.9. The zero-order valence-electron chi connectivity index (χ0n) is 49.1. The first-order valence-electron chi connectivity index (χ1n) is 30.8. The lowest BCUT2D eigenvalue weighted by Crippen LogP contribution is -1.88. The molecule has 6 heterocycles. The largest absolute Gasteiger partial charge is 0.455 e. The highest BCUT2D eigenvalue weighted by Crippen LogP contribution is 2.44. The molecule has 8 nitrogen and oxygen atoms in total. The summed E-state index contributed by atoms with van der Waals surface area (Å²) < 4.78 is 25.2. The number of nitrogens with zero attached hydrogens (tertiary/aromatic N) is 4. The molecule has 428 valence electrons. The van der Waals surface area contributed by atoms with Gasteiger partial charge in [0.2, 0.25) is 11.4 Å². The first kappa shape index (κ1) is 51.5. The van der Waals surface area contributed by atoms with Crippen LogP contribution >= 0.6 is 0 Å². The van der Waals surface area contributed by atoms with E-state index in [4.69, 9.17) is 27.6 Å². The van der Waals surface area contributed by atoms with Crippen LogP contribution < -0.4 is 0 Å². The maximum absolute atomic E-state index is 6.53. The molecule has 0 aliphatic rings. The van der Waals surface area contributed by atoms with Crippen LogP contribution in [0, 0.1) is 0 Å². The summed E-state index contributed by atoms with van der Waals surface area (Å²) >= 11 is 0. The first-order valence-corrected chi connectivity index (χ1v) is 30.8. The highest BCUT2D eigenvalue weighted by atomic mass is 16.3. The zero-order valence-corrected chi connectivity index (χ0v) is 49.1. The number of hydrogen-bond donors (Lipinski definition) is 0. The first-order chi connectivity index (χ1) is 45.6. The SMILES string of the molecule is c1cc(-c2cccc(-c3cc4ccccc4c4c3oc3ccccc34)c2)cc(-c2cnc3oc4ccc5ccccc5c4c3n2)c1.c1cc(-c2cccc(-c3cccc4c3oc3ccc5ccccc5c34)c2)cc(-c2cnc3oc4ccc5ccccc5c4c3n2)c1. The summed E-state index contributed by atoms with van der Waals surface area (Å²) in [7, 11) is 0. The Hall–Kier alpha value is -12.5. The quantitative estimate of drug-likeness (QED) is 0.162. The molecule has 8 heteroatoms. The smallest absolute Gasteiger partial charge is 0.246 e. The number of hydrogen-bond acceptors (Lipinski definition) is 8. The van der Waals surface area contributed by atoms with E-state index >= 15 is 0 Å². The minimum atomic E-state index is 0.547. The van der Waals surface area contributed by atoms with Crippen LogP contribution in [0.5, 0.6) is 0 Å². The van der Waals surface area contributed by atoms with E-state index in [1.54, 1.807) is 12.4 Å². The van der Waals surface area contributed by atoms with Gasteiger partial charge < -0.3 is 17.7 Å². The Morgan fingerprint density at radius 3 is 1.16 bits per heavy atom. The molecule has 0 unspecified atom stereocenters. The van der Waals surface area contributed by atoms with E-state index in [-0.39, 0.29) is 0 Å². The highest BCUT2D eigenvalue weighted by molar-refractivity contribution is 6.24. The fourth-order valence-electron chi connectivity index (χ4n) is 13.9. The third kappa shape index (κ3) is 8.31. The Labute approximate surface area is 524 Å². The van der Waals surface area contributed by atoms with Crippen LogP contribution in [0.4, 0.5) is 0 Å². The Morgan fingerprint density at radius 2 is 0.620 bits per heavy atom. The minimum absolute atomic E-state index is 0.547. The molecule has 0 aliphatic carbocycles. The van der Waals surface area contributed by atoms with E-state index in [9.17, 15) is 0 Å².